The van der Waals surface area contributed by atoms with Crippen molar-refractivity contribution in [2.45, 2.75) is 26.2 Å². The van der Waals surface area contributed by atoms with Gasteiger partial charge in [-0.3, -0.25) is 0 Å². The second kappa shape index (κ2) is 6.51. The van der Waals surface area contributed by atoms with Crippen LogP contribution >= 0.6 is 0 Å². The van der Waals surface area contributed by atoms with Crippen molar-refractivity contribution in [2.75, 3.05) is 6.54 Å². The summed E-state index contributed by atoms with van der Waals surface area (Å²) in [6.45, 7) is 6.27. The van der Waals surface area contributed by atoms with E-state index in [1.807, 2.05) is 0 Å². The number of nitrogens with zero attached hydrogens (tertiary/aromatic N) is 2. The second-order valence-electron chi connectivity index (χ2n) is 2.10. The number of nitrogens with two attached hydrogens (primary N) is 1. The van der Waals surface area contributed by atoms with Crippen molar-refractivity contribution in [1.29, 1.82) is 0 Å². The molecule has 0 saturated heterocycles. The first-order chi connectivity index (χ1) is 4.81. The zero-order valence-corrected chi connectivity index (χ0v) is 6.51. The van der Waals surface area contributed by atoms with E-state index < -0.39 is 0 Å². The largest absolute Gasteiger partial charge is 0.215 e. The topological polar surface area (TPSA) is 53.6 Å². The van der Waals surface area contributed by atoms with Crippen molar-refractivity contribution in [1.82, 2.24) is 10.7 Å². The molecular weight excluding hydrogens is 128 g/mol. The lowest BCUT2D eigenvalue weighted by atomic mass is 10.3. The van der Waals surface area contributed by atoms with E-state index in [2.05, 4.69) is 24.2 Å². The summed E-state index contributed by atoms with van der Waals surface area (Å²) in [4.78, 5) is 0. The molecule has 0 aliphatic carbocycles. The lowest BCUT2D eigenvalue weighted by Gasteiger charge is -2.11. The van der Waals surface area contributed by atoms with Crippen LogP contribution in [0.4, 0.5) is 0 Å². The average Bonchev–Trinajstić information content (AvgIpc) is 1.98. The van der Waals surface area contributed by atoms with Crippen molar-refractivity contribution < 1.29 is 0 Å². The van der Waals surface area contributed by atoms with E-state index in [0.717, 1.165) is 18.2 Å². The average molecular weight is 144 g/mol. The molecular formula is C6H16N4. The van der Waals surface area contributed by atoms with Crippen LogP contribution in [0.2, 0.25) is 0 Å². The van der Waals surface area contributed by atoms with Crippen LogP contribution in [-0.4, -0.2) is 18.5 Å². The van der Waals surface area contributed by atoms with E-state index >= 15 is 0 Å². The Morgan fingerprint density at radius 2 is 2.30 bits per heavy atom. The van der Waals surface area contributed by atoms with Crippen LogP contribution in [0.15, 0.2) is 5.10 Å². The maximum atomic E-state index is 5.25. The highest BCUT2D eigenvalue weighted by molar-refractivity contribution is 5.22. The predicted octanol–water partition coefficient (Wildman–Crippen LogP) is 0.472. The Hall–Kier alpha value is -0.610. The van der Waals surface area contributed by atoms with Crippen LogP contribution in [0.5, 0.6) is 0 Å². The Balaban J connectivity index is 2.95. The SMILES string of the molecule is C=NN(N)NCCCCC. The standard InChI is InChI=1S/C6H16N4/c1-3-4-5-6-9-10(7)8-2/h9H,2-7H2,1H3. The summed E-state index contributed by atoms with van der Waals surface area (Å²) >= 11 is 0. The van der Waals surface area contributed by atoms with Crippen molar-refractivity contribution in [3.05, 3.63) is 0 Å². The Kier molecular flexibility index (Phi) is 6.11. The van der Waals surface area contributed by atoms with E-state index in [-0.39, 0.29) is 0 Å². The summed E-state index contributed by atoms with van der Waals surface area (Å²) in [5, 5.41) is 4.57. The summed E-state index contributed by atoms with van der Waals surface area (Å²) < 4.78 is 0. The highest BCUT2D eigenvalue weighted by Gasteiger charge is 1.88. The molecule has 0 aromatic heterocycles. The van der Waals surface area contributed by atoms with Crippen molar-refractivity contribution >= 4 is 6.72 Å². The molecule has 60 valence electrons. The van der Waals surface area contributed by atoms with Crippen LogP contribution in [0.25, 0.3) is 0 Å². The van der Waals surface area contributed by atoms with Gasteiger partial charge in [0.05, 0.1) is 0 Å². The number of unbranched alkanes of at least 4 members (excludes halogenated alkanes) is 2. The lowest BCUT2D eigenvalue weighted by Crippen LogP contribution is -2.39. The molecule has 0 fully saturated rings. The molecule has 0 unspecified atom stereocenters. The third-order valence-electron chi connectivity index (χ3n) is 1.21. The van der Waals surface area contributed by atoms with E-state index in [4.69, 9.17) is 5.84 Å². The monoisotopic (exact) mass is 144 g/mol. The normalized spacial score (nSPS) is 9.40. The highest BCUT2D eigenvalue weighted by Crippen LogP contribution is 1.90. The number of hydrazone groups is 1. The fraction of sp³-hybridized carbons (Fsp3) is 0.833. The molecule has 3 N–H and O–H groups in total. The smallest absolute Gasteiger partial charge is 0.0181 e. The van der Waals surface area contributed by atoms with Gasteiger partial charge in [0.1, 0.15) is 0 Å². The Labute approximate surface area is 62.0 Å². The van der Waals surface area contributed by atoms with Gasteiger partial charge in [-0.05, 0) is 6.42 Å². The highest BCUT2D eigenvalue weighted by atomic mass is 15.8. The number of hydrogen-bond acceptors (Lipinski definition) is 4. The molecule has 0 aliphatic rings. The van der Waals surface area contributed by atoms with Crippen LogP contribution < -0.4 is 11.3 Å². The van der Waals surface area contributed by atoms with Gasteiger partial charge >= 0.3 is 0 Å². The van der Waals surface area contributed by atoms with Gasteiger partial charge in [-0.15, -0.1) is 0 Å². The minimum Gasteiger partial charge on any atom is -0.215 e. The van der Waals surface area contributed by atoms with Gasteiger partial charge in [-0.1, -0.05) is 19.8 Å². The van der Waals surface area contributed by atoms with Crippen LogP contribution in [-0.2, 0) is 0 Å². The summed E-state index contributed by atoms with van der Waals surface area (Å²) in [7, 11) is 0. The van der Waals surface area contributed by atoms with Gasteiger partial charge in [-0.25, -0.2) is 11.3 Å². The molecule has 10 heavy (non-hydrogen) atoms. The van der Waals surface area contributed by atoms with E-state index in [0.29, 0.717) is 0 Å². The lowest BCUT2D eigenvalue weighted by molar-refractivity contribution is 0.202. The zero-order chi connectivity index (χ0) is 7.82. The Morgan fingerprint density at radius 3 is 2.80 bits per heavy atom. The second-order valence-corrected chi connectivity index (χ2v) is 2.10. The molecule has 0 radical (unpaired) electrons. The third-order valence-corrected chi connectivity index (χ3v) is 1.21. The van der Waals surface area contributed by atoms with Gasteiger partial charge in [0.25, 0.3) is 0 Å². The molecule has 0 aromatic rings. The first-order valence-electron chi connectivity index (χ1n) is 3.56. The van der Waals surface area contributed by atoms with Crippen LogP contribution in [0.3, 0.4) is 0 Å². The molecule has 4 nitrogen and oxygen atoms in total. The first kappa shape index (κ1) is 9.39. The molecule has 0 rings (SSSR count). The van der Waals surface area contributed by atoms with E-state index in [9.17, 15) is 0 Å². The summed E-state index contributed by atoms with van der Waals surface area (Å²) in [5.41, 5.74) is 2.85. The summed E-state index contributed by atoms with van der Waals surface area (Å²) in [5.74, 6) is 5.25. The first-order valence-corrected chi connectivity index (χ1v) is 3.56. The quantitative estimate of drug-likeness (QED) is 0.247. The molecule has 0 saturated carbocycles. The zero-order valence-electron chi connectivity index (χ0n) is 6.51. The van der Waals surface area contributed by atoms with Gasteiger partial charge in [0, 0.05) is 13.3 Å². The molecule has 0 atom stereocenters. The molecule has 0 bridgehead atoms. The van der Waals surface area contributed by atoms with E-state index in [1.54, 1.807) is 0 Å². The van der Waals surface area contributed by atoms with Crippen LogP contribution in [0.1, 0.15) is 26.2 Å². The Morgan fingerprint density at radius 1 is 1.60 bits per heavy atom. The molecule has 0 aromatic carbocycles. The predicted molar refractivity (Wildman–Crippen MR) is 43.1 cm³/mol. The number of hydrazine groups is 2. The fourth-order valence-electron chi connectivity index (χ4n) is 0.619. The fourth-order valence-corrected chi connectivity index (χ4v) is 0.619. The molecule has 0 spiro atoms. The van der Waals surface area contributed by atoms with Crippen molar-refractivity contribution in [3.63, 3.8) is 0 Å². The molecule has 0 amide bonds. The van der Waals surface area contributed by atoms with Crippen molar-refractivity contribution in [2.24, 2.45) is 10.9 Å². The minimum atomic E-state index is 0.864. The number of nitrogens with one attached hydrogen (secondary N) is 1. The molecule has 4 heteroatoms. The minimum absolute atomic E-state index is 0.864. The maximum absolute atomic E-state index is 5.25. The summed E-state index contributed by atoms with van der Waals surface area (Å²) in [6, 6.07) is 0. The van der Waals surface area contributed by atoms with Gasteiger partial charge < -0.3 is 0 Å². The third kappa shape index (κ3) is 5.53. The maximum Gasteiger partial charge on any atom is 0.0181 e. The number of hydrogen-bond donors (Lipinski definition) is 2. The summed E-state index contributed by atoms with van der Waals surface area (Å²) in [6.07, 6.45) is 3.56. The molecule has 0 heterocycles. The molecule has 0 aliphatic heterocycles. The van der Waals surface area contributed by atoms with Gasteiger partial charge in [0.2, 0.25) is 0 Å². The van der Waals surface area contributed by atoms with Crippen molar-refractivity contribution in [3.8, 4) is 0 Å². The van der Waals surface area contributed by atoms with Gasteiger partial charge in [-0.2, -0.15) is 10.3 Å². The van der Waals surface area contributed by atoms with Gasteiger partial charge in [0.15, 0.2) is 0 Å². The Bertz CT molecular complexity index is 83.8. The number of rotatable bonds is 6. The van der Waals surface area contributed by atoms with Crippen LogP contribution in [0, 0.1) is 0 Å². The van der Waals surface area contributed by atoms with E-state index in [1.165, 1.54) is 12.8 Å².